The largest absolute Gasteiger partial charge is 0.433 e. The number of hydrogen-bond donors (Lipinski definition) is 1. The molecule has 2 unspecified atom stereocenters. The predicted octanol–water partition coefficient (Wildman–Crippen LogP) is 4.70. The van der Waals surface area contributed by atoms with Crippen molar-refractivity contribution < 1.29 is 18.3 Å². The maximum atomic E-state index is 12.9. The van der Waals surface area contributed by atoms with E-state index in [1.165, 1.54) is 11.6 Å². The zero-order chi connectivity index (χ0) is 22.0. The Kier molecular flexibility index (Phi) is 4.80. The zero-order valence-electron chi connectivity index (χ0n) is 17.0. The van der Waals surface area contributed by atoms with E-state index in [9.17, 15) is 18.3 Å². The summed E-state index contributed by atoms with van der Waals surface area (Å²) in [7, 11) is 0. The molecule has 0 amide bonds. The van der Waals surface area contributed by atoms with Gasteiger partial charge in [-0.05, 0) is 44.0 Å². The molecular formula is C22H22ClF3N4O. The third kappa shape index (κ3) is 3.50. The average Bonchev–Trinajstić information content (AvgIpc) is 3.30. The normalized spacial score (nSPS) is 21.2. The van der Waals surface area contributed by atoms with Crippen LogP contribution in [-0.4, -0.2) is 37.6 Å². The van der Waals surface area contributed by atoms with Crippen LogP contribution >= 0.6 is 11.6 Å². The van der Waals surface area contributed by atoms with E-state index in [4.69, 9.17) is 11.6 Å². The van der Waals surface area contributed by atoms with Crippen molar-refractivity contribution in [1.29, 1.82) is 0 Å². The molecule has 2 aliphatic rings. The second-order valence-electron chi connectivity index (χ2n) is 8.62. The number of aliphatic hydroxyl groups is 1. The van der Waals surface area contributed by atoms with Crippen LogP contribution in [-0.2, 0) is 24.7 Å². The highest BCUT2D eigenvalue weighted by Gasteiger charge is 2.38. The monoisotopic (exact) mass is 450 g/mol. The van der Waals surface area contributed by atoms with E-state index in [1.54, 1.807) is 13.1 Å². The third-order valence-electron chi connectivity index (χ3n) is 6.49. The third-order valence-corrected chi connectivity index (χ3v) is 6.70. The number of pyridine rings is 2. The lowest BCUT2D eigenvalue weighted by atomic mass is 9.95. The Labute approximate surface area is 182 Å². The lowest BCUT2D eigenvalue weighted by Gasteiger charge is -2.32. The fraction of sp³-hybridized carbons (Fsp3) is 0.455. The first-order chi connectivity index (χ1) is 14.6. The van der Waals surface area contributed by atoms with Crippen molar-refractivity contribution in [3.05, 3.63) is 58.1 Å². The molecule has 5 heterocycles. The van der Waals surface area contributed by atoms with Crippen molar-refractivity contribution in [2.45, 2.75) is 50.6 Å². The number of aromatic nitrogens is 3. The number of nitrogens with zero attached hydrogens (tertiary/aromatic N) is 4. The molecule has 5 rings (SSSR count). The topological polar surface area (TPSA) is 54.2 Å². The zero-order valence-corrected chi connectivity index (χ0v) is 17.7. The van der Waals surface area contributed by atoms with Gasteiger partial charge in [-0.1, -0.05) is 17.7 Å². The van der Waals surface area contributed by atoms with E-state index in [0.717, 1.165) is 61.3 Å². The van der Waals surface area contributed by atoms with Crippen LogP contribution in [0.1, 0.15) is 48.3 Å². The van der Waals surface area contributed by atoms with Crippen LogP contribution in [0.2, 0.25) is 5.02 Å². The van der Waals surface area contributed by atoms with Gasteiger partial charge in [0, 0.05) is 48.0 Å². The van der Waals surface area contributed by atoms with Gasteiger partial charge in [0.25, 0.3) is 0 Å². The van der Waals surface area contributed by atoms with Crippen LogP contribution < -0.4 is 0 Å². The Hall–Kier alpha value is -2.16. The van der Waals surface area contributed by atoms with Crippen molar-refractivity contribution in [2.24, 2.45) is 0 Å². The number of alkyl halides is 3. The predicted molar refractivity (Wildman–Crippen MR) is 111 cm³/mol. The Morgan fingerprint density at radius 2 is 2.00 bits per heavy atom. The van der Waals surface area contributed by atoms with Gasteiger partial charge in [0.2, 0.25) is 0 Å². The van der Waals surface area contributed by atoms with E-state index >= 15 is 0 Å². The molecule has 0 radical (unpaired) electrons. The summed E-state index contributed by atoms with van der Waals surface area (Å²) in [6, 6.07) is 4.43. The Morgan fingerprint density at radius 1 is 1.19 bits per heavy atom. The molecule has 5 nitrogen and oxygen atoms in total. The van der Waals surface area contributed by atoms with Gasteiger partial charge in [0.15, 0.2) is 0 Å². The molecule has 3 aromatic heterocycles. The smallest absolute Gasteiger partial charge is 0.384 e. The van der Waals surface area contributed by atoms with Crippen LogP contribution in [0.5, 0.6) is 0 Å². The highest BCUT2D eigenvalue weighted by Crippen LogP contribution is 2.43. The Morgan fingerprint density at radius 3 is 2.71 bits per heavy atom. The molecule has 1 saturated heterocycles. The molecule has 1 fully saturated rings. The molecule has 2 atom stereocenters. The fourth-order valence-corrected chi connectivity index (χ4v) is 5.19. The second-order valence-corrected chi connectivity index (χ2v) is 9.06. The summed E-state index contributed by atoms with van der Waals surface area (Å²) in [5, 5.41) is 12.8. The number of hydrogen-bond acceptors (Lipinski definition) is 4. The highest BCUT2D eigenvalue weighted by atomic mass is 35.5. The second kappa shape index (κ2) is 7.18. The quantitative estimate of drug-likeness (QED) is 0.628. The molecule has 3 aromatic rings. The van der Waals surface area contributed by atoms with Gasteiger partial charge in [-0.3, -0.25) is 9.88 Å². The first-order valence-corrected chi connectivity index (χ1v) is 10.7. The van der Waals surface area contributed by atoms with E-state index in [-0.39, 0.29) is 6.54 Å². The lowest BCUT2D eigenvalue weighted by molar-refractivity contribution is -0.141. The minimum atomic E-state index is -4.52. The van der Waals surface area contributed by atoms with Crippen molar-refractivity contribution in [1.82, 2.24) is 19.4 Å². The molecule has 0 aliphatic carbocycles. The maximum Gasteiger partial charge on any atom is 0.433 e. The Bertz CT molecular complexity index is 1140. The molecule has 31 heavy (non-hydrogen) atoms. The van der Waals surface area contributed by atoms with E-state index in [1.807, 2.05) is 10.6 Å². The van der Waals surface area contributed by atoms with E-state index in [0.29, 0.717) is 16.6 Å². The van der Waals surface area contributed by atoms with Gasteiger partial charge < -0.3 is 9.67 Å². The van der Waals surface area contributed by atoms with E-state index < -0.39 is 17.5 Å². The van der Waals surface area contributed by atoms with E-state index in [2.05, 4.69) is 14.9 Å². The summed E-state index contributed by atoms with van der Waals surface area (Å²) in [5.41, 5.74) is 0.994. The maximum absolute atomic E-state index is 12.9. The van der Waals surface area contributed by atoms with Crippen molar-refractivity contribution in [2.75, 3.05) is 13.1 Å². The van der Waals surface area contributed by atoms with Crippen LogP contribution in [0, 0.1) is 0 Å². The van der Waals surface area contributed by atoms with Gasteiger partial charge >= 0.3 is 6.18 Å². The number of halogens is 4. The van der Waals surface area contributed by atoms with Crippen LogP contribution in [0.25, 0.3) is 11.0 Å². The van der Waals surface area contributed by atoms with Gasteiger partial charge in [0.05, 0.1) is 11.6 Å². The van der Waals surface area contributed by atoms with Gasteiger partial charge in [-0.15, -0.1) is 0 Å². The SMILES string of the molecule is CC(O)(Cn1c2c(c3cc(Cl)cnc31)C1CCCN1CC2)c1ccc(C(F)(F)F)nc1. The summed E-state index contributed by atoms with van der Waals surface area (Å²) in [4.78, 5) is 10.6. The lowest BCUT2D eigenvalue weighted by Crippen LogP contribution is -2.33. The number of rotatable bonds is 3. The summed E-state index contributed by atoms with van der Waals surface area (Å²) in [6.07, 6.45) is 1.20. The summed E-state index contributed by atoms with van der Waals surface area (Å²) >= 11 is 6.26. The highest BCUT2D eigenvalue weighted by molar-refractivity contribution is 6.31. The Balaban J connectivity index is 1.58. The molecular weight excluding hydrogens is 429 g/mol. The van der Waals surface area contributed by atoms with Crippen molar-refractivity contribution in [3.8, 4) is 0 Å². The minimum Gasteiger partial charge on any atom is -0.384 e. The van der Waals surface area contributed by atoms with Crippen molar-refractivity contribution in [3.63, 3.8) is 0 Å². The molecule has 0 aromatic carbocycles. The molecule has 164 valence electrons. The first kappa shape index (κ1) is 20.7. The van der Waals surface area contributed by atoms with Crippen LogP contribution in [0.3, 0.4) is 0 Å². The molecule has 1 N–H and O–H groups in total. The minimum absolute atomic E-state index is 0.160. The van der Waals surface area contributed by atoms with Crippen LogP contribution in [0.15, 0.2) is 30.6 Å². The van der Waals surface area contributed by atoms with Crippen molar-refractivity contribution >= 4 is 22.6 Å². The molecule has 0 spiro atoms. The average molecular weight is 451 g/mol. The number of fused-ring (bicyclic) bond motifs is 5. The summed E-state index contributed by atoms with van der Waals surface area (Å²) in [6.45, 7) is 3.76. The molecule has 9 heteroatoms. The molecule has 0 bridgehead atoms. The molecule has 2 aliphatic heterocycles. The van der Waals surface area contributed by atoms with Crippen LogP contribution in [0.4, 0.5) is 13.2 Å². The fourth-order valence-electron chi connectivity index (χ4n) is 5.04. The van der Waals surface area contributed by atoms with Gasteiger partial charge in [-0.2, -0.15) is 13.2 Å². The summed E-state index contributed by atoms with van der Waals surface area (Å²) in [5.74, 6) is 0. The first-order valence-electron chi connectivity index (χ1n) is 10.3. The summed E-state index contributed by atoms with van der Waals surface area (Å²) < 4.78 is 40.6. The van der Waals surface area contributed by atoms with Gasteiger partial charge in [0.1, 0.15) is 16.9 Å². The standard InChI is InChI=1S/C22H22ClF3N4O/c1-21(31,13-4-5-18(27-10-13)22(24,25)26)12-30-17-6-8-29-7-2-3-16(29)19(17)15-9-14(23)11-28-20(15)30/h4-5,9-11,16,31H,2-3,6-8,12H2,1H3. The van der Waals surface area contributed by atoms with Gasteiger partial charge in [-0.25, -0.2) is 4.98 Å². The molecule has 0 saturated carbocycles.